The topological polar surface area (TPSA) is 85.4 Å². The van der Waals surface area contributed by atoms with Gasteiger partial charge in [-0.2, -0.15) is 4.31 Å². The summed E-state index contributed by atoms with van der Waals surface area (Å²) in [5.74, 6) is 0.973. The van der Waals surface area contributed by atoms with Gasteiger partial charge < -0.3 is 19.1 Å². The van der Waals surface area contributed by atoms with Crippen molar-refractivity contribution in [2.75, 3.05) is 32.9 Å². The van der Waals surface area contributed by atoms with Crippen LogP contribution in [0, 0.1) is 0 Å². The predicted molar refractivity (Wildman–Crippen MR) is 94.0 cm³/mol. The quantitative estimate of drug-likeness (QED) is 0.743. The minimum Gasteiger partial charge on any atom is -0.490 e. The van der Waals surface area contributed by atoms with Crippen LogP contribution in [0.25, 0.3) is 0 Å². The molecule has 9 heteroatoms. The molecule has 0 N–H and O–H groups in total. The molecule has 2 atom stereocenters. The van der Waals surface area contributed by atoms with Crippen LogP contribution in [0.2, 0.25) is 0 Å². The highest BCUT2D eigenvalue weighted by Gasteiger charge is 2.63. The molecule has 4 aliphatic rings. The van der Waals surface area contributed by atoms with Gasteiger partial charge in [-0.25, -0.2) is 8.42 Å². The van der Waals surface area contributed by atoms with Crippen molar-refractivity contribution in [1.29, 1.82) is 0 Å². The summed E-state index contributed by atoms with van der Waals surface area (Å²) < 4.78 is 45.4. The zero-order valence-corrected chi connectivity index (χ0v) is 15.7. The molecule has 0 aromatic heterocycles. The maximum Gasteiger partial charge on any atom is 0.243 e. The van der Waals surface area contributed by atoms with Crippen LogP contribution in [0.3, 0.4) is 0 Å². The van der Waals surface area contributed by atoms with E-state index in [1.54, 1.807) is 17.0 Å². The number of sulfonamides is 1. The van der Waals surface area contributed by atoms with E-state index in [1.165, 1.54) is 10.4 Å². The maximum absolute atomic E-state index is 13.4. The minimum absolute atomic E-state index is 0.0294. The van der Waals surface area contributed by atoms with Crippen LogP contribution in [-0.2, 0) is 19.6 Å². The van der Waals surface area contributed by atoms with Gasteiger partial charge in [0.15, 0.2) is 17.2 Å². The fourth-order valence-corrected chi connectivity index (χ4v) is 6.31. The van der Waals surface area contributed by atoms with Crippen LogP contribution in [0.15, 0.2) is 23.1 Å². The molecule has 0 aliphatic carbocycles. The smallest absolute Gasteiger partial charge is 0.243 e. The molecule has 1 aromatic carbocycles. The van der Waals surface area contributed by atoms with Gasteiger partial charge in [0.05, 0.1) is 30.8 Å². The Kier molecular flexibility index (Phi) is 3.89. The summed E-state index contributed by atoms with van der Waals surface area (Å²) in [5.41, 5.74) is -0.798. The SMILES string of the molecule is O=C1C[C@H]2N(S(=O)(=O)c3ccc4c(c3)OCCCO4)CC[C@]23OCCCN13. The number of rotatable bonds is 2. The van der Waals surface area contributed by atoms with Gasteiger partial charge in [-0.05, 0) is 18.6 Å². The second kappa shape index (κ2) is 6.08. The van der Waals surface area contributed by atoms with E-state index in [0.29, 0.717) is 50.8 Å². The molecule has 1 amide bonds. The summed E-state index contributed by atoms with van der Waals surface area (Å²) in [6, 6.07) is 4.23. The van der Waals surface area contributed by atoms with Crippen molar-refractivity contribution < 1.29 is 27.4 Å². The minimum atomic E-state index is -3.78. The number of nitrogens with zero attached hydrogens (tertiary/aromatic N) is 2. The lowest BCUT2D eigenvalue weighted by Crippen LogP contribution is -2.56. The van der Waals surface area contributed by atoms with Gasteiger partial charge in [-0.15, -0.1) is 0 Å². The summed E-state index contributed by atoms with van der Waals surface area (Å²) in [7, 11) is -3.78. The number of hydrogen-bond donors (Lipinski definition) is 0. The number of ether oxygens (including phenoxy) is 3. The fraction of sp³-hybridized carbons (Fsp3) is 0.611. The third-order valence-corrected chi connectivity index (χ3v) is 7.79. The van der Waals surface area contributed by atoms with Gasteiger partial charge in [-0.3, -0.25) is 4.79 Å². The number of carbonyl (C=O) groups excluding carboxylic acids is 1. The second-order valence-electron chi connectivity index (χ2n) is 7.34. The molecule has 0 saturated carbocycles. The molecule has 4 aliphatic heterocycles. The van der Waals surface area contributed by atoms with Crippen molar-refractivity contribution in [2.24, 2.45) is 0 Å². The lowest BCUT2D eigenvalue weighted by Gasteiger charge is -2.42. The Hall–Kier alpha value is -1.84. The fourth-order valence-electron chi connectivity index (χ4n) is 4.64. The van der Waals surface area contributed by atoms with Gasteiger partial charge in [0.1, 0.15) is 0 Å². The van der Waals surface area contributed by atoms with Crippen molar-refractivity contribution in [1.82, 2.24) is 9.21 Å². The molecule has 1 aromatic rings. The van der Waals surface area contributed by atoms with Crippen molar-refractivity contribution in [3.8, 4) is 11.5 Å². The first-order valence-electron chi connectivity index (χ1n) is 9.38. The Morgan fingerprint density at radius 3 is 2.70 bits per heavy atom. The summed E-state index contributed by atoms with van der Waals surface area (Å²) in [4.78, 5) is 14.3. The summed E-state index contributed by atoms with van der Waals surface area (Å²) in [5, 5.41) is 0. The lowest BCUT2D eigenvalue weighted by atomic mass is 10.0. The summed E-state index contributed by atoms with van der Waals surface area (Å²) in [6.07, 6.45) is 2.22. The Balaban J connectivity index is 1.49. The molecule has 3 fully saturated rings. The molecule has 0 bridgehead atoms. The predicted octanol–water partition coefficient (Wildman–Crippen LogP) is 0.960. The van der Waals surface area contributed by atoms with Crippen LogP contribution in [0.4, 0.5) is 0 Å². The van der Waals surface area contributed by atoms with Crippen LogP contribution < -0.4 is 9.47 Å². The van der Waals surface area contributed by atoms with Crippen molar-refractivity contribution in [3.05, 3.63) is 18.2 Å². The van der Waals surface area contributed by atoms with E-state index in [2.05, 4.69) is 0 Å². The number of fused-ring (bicyclic) bond motifs is 1. The molecule has 4 heterocycles. The van der Waals surface area contributed by atoms with Gasteiger partial charge in [-0.1, -0.05) is 0 Å². The monoisotopic (exact) mass is 394 g/mol. The molecule has 5 rings (SSSR count). The normalized spacial score (nSPS) is 30.7. The molecule has 146 valence electrons. The van der Waals surface area contributed by atoms with Crippen LogP contribution in [-0.4, -0.2) is 68.2 Å². The second-order valence-corrected chi connectivity index (χ2v) is 9.23. The Morgan fingerprint density at radius 2 is 1.85 bits per heavy atom. The number of hydrogen-bond acceptors (Lipinski definition) is 6. The maximum atomic E-state index is 13.4. The largest absolute Gasteiger partial charge is 0.490 e. The molecule has 0 unspecified atom stereocenters. The van der Waals surface area contributed by atoms with E-state index in [0.717, 1.165) is 12.8 Å². The Bertz CT molecular complexity index is 888. The zero-order valence-electron chi connectivity index (χ0n) is 14.9. The van der Waals surface area contributed by atoms with Crippen molar-refractivity contribution in [3.63, 3.8) is 0 Å². The highest BCUT2D eigenvalue weighted by atomic mass is 32.2. The highest BCUT2D eigenvalue weighted by molar-refractivity contribution is 7.89. The molecule has 27 heavy (non-hydrogen) atoms. The molecular formula is C18H22N2O6S. The third kappa shape index (κ3) is 2.48. The Labute approximate surface area is 158 Å². The molecule has 3 saturated heterocycles. The van der Waals surface area contributed by atoms with E-state index >= 15 is 0 Å². The molecular weight excluding hydrogens is 372 g/mol. The highest BCUT2D eigenvalue weighted by Crippen LogP contribution is 2.47. The lowest BCUT2D eigenvalue weighted by molar-refractivity contribution is -0.178. The summed E-state index contributed by atoms with van der Waals surface area (Å²) in [6.45, 7) is 2.56. The summed E-state index contributed by atoms with van der Waals surface area (Å²) >= 11 is 0. The standard InChI is InChI=1S/C18H22N2O6S/c21-17-12-16-18(19(17)6-1-10-26-18)5-7-20(16)27(22,23)13-3-4-14-15(11-13)25-9-2-8-24-14/h3-4,11,16H,1-2,5-10,12H2/t16-,18+/m1/s1. The third-order valence-electron chi connectivity index (χ3n) is 5.89. The first-order chi connectivity index (χ1) is 13.0. The van der Waals surface area contributed by atoms with Gasteiger partial charge in [0, 0.05) is 38.4 Å². The Morgan fingerprint density at radius 1 is 1.04 bits per heavy atom. The van der Waals surface area contributed by atoms with Gasteiger partial charge in [0.25, 0.3) is 0 Å². The number of benzene rings is 1. The molecule has 1 spiro atoms. The van der Waals surface area contributed by atoms with E-state index in [9.17, 15) is 13.2 Å². The van der Waals surface area contributed by atoms with E-state index in [1.807, 2.05) is 0 Å². The van der Waals surface area contributed by atoms with Crippen LogP contribution >= 0.6 is 0 Å². The molecule has 8 nitrogen and oxygen atoms in total. The zero-order chi connectivity index (χ0) is 18.6. The van der Waals surface area contributed by atoms with E-state index in [-0.39, 0.29) is 17.2 Å². The van der Waals surface area contributed by atoms with E-state index < -0.39 is 21.8 Å². The molecule has 0 radical (unpaired) electrons. The number of amides is 1. The van der Waals surface area contributed by atoms with Crippen LogP contribution in [0.1, 0.15) is 25.7 Å². The first-order valence-corrected chi connectivity index (χ1v) is 10.8. The van der Waals surface area contributed by atoms with Gasteiger partial charge >= 0.3 is 0 Å². The number of carbonyl (C=O) groups is 1. The van der Waals surface area contributed by atoms with Crippen molar-refractivity contribution >= 4 is 15.9 Å². The average Bonchev–Trinajstić information content (AvgIpc) is 3.02. The average molecular weight is 394 g/mol. The first kappa shape index (κ1) is 17.3. The van der Waals surface area contributed by atoms with Crippen molar-refractivity contribution in [2.45, 2.75) is 42.3 Å². The van der Waals surface area contributed by atoms with E-state index in [4.69, 9.17) is 14.2 Å². The van der Waals surface area contributed by atoms with Crippen LogP contribution in [0.5, 0.6) is 11.5 Å². The van der Waals surface area contributed by atoms with Gasteiger partial charge in [0.2, 0.25) is 15.9 Å².